The summed E-state index contributed by atoms with van der Waals surface area (Å²) in [6.45, 7) is 8.26. The molecule has 5 rings (SSSR count). The molecule has 1 saturated heterocycles. The zero-order chi connectivity index (χ0) is 24.5. The number of nitrogens with one attached hydrogen (secondary N) is 1. The first-order valence-electron chi connectivity index (χ1n) is 12.6. The summed E-state index contributed by atoms with van der Waals surface area (Å²) in [5.41, 5.74) is 3.94. The highest BCUT2D eigenvalue weighted by Crippen LogP contribution is 2.65. The summed E-state index contributed by atoms with van der Waals surface area (Å²) in [5.74, 6) is 0.828. The van der Waals surface area contributed by atoms with E-state index in [0.29, 0.717) is 22.8 Å². The smallest absolute Gasteiger partial charge is 0.335 e. The van der Waals surface area contributed by atoms with E-state index in [9.17, 15) is 9.59 Å². The third kappa shape index (κ3) is 5.05. The van der Waals surface area contributed by atoms with Crippen molar-refractivity contribution in [2.45, 2.75) is 64.3 Å². The number of carbonyl (C=O) groups excluding carboxylic acids is 1. The van der Waals surface area contributed by atoms with Crippen molar-refractivity contribution in [1.82, 2.24) is 10.2 Å². The van der Waals surface area contributed by atoms with E-state index >= 15 is 0 Å². The third-order valence-corrected chi connectivity index (χ3v) is 7.65. The average molecular weight is 463 g/mol. The minimum absolute atomic E-state index is 0.258. The Bertz CT molecular complexity index is 1010. The number of aromatic carboxylic acids is 1. The molecule has 0 radical (unpaired) electrons. The quantitative estimate of drug-likeness (QED) is 0.610. The molecule has 1 atom stereocenters. The van der Waals surface area contributed by atoms with Crippen LogP contribution >= 0.6 is 0 Å². The summed E-state index contributed by atoms with van der Waals surface area (Å²) in [6.07, 6.45) is 5.36. The lowest BCUT2D eigenvalue weighted by molar-refractivity contribution is -0.136. The van der Waals surface area contributed by atoms with Crippen molar-refractivity contribution in [2.75, 3.05) is 20.1 Å². The van der Waals surface area contributed by atoms with E-state index in [1.165, 1.54) is 12.0 Å². The topological polar surface area (TPSA) is 69.6 Å². The zero-order valence-electron chi connectivity index (χ0n) is 20.9. The maximum atomic E-state index is 12.8. The molecule has 1 heterocycles. The summed E-state index contributed by atoms with van der Waals surface area (Å²) < 4.78 is 0. The van der Waals surface area contributed by atoms with Crippen LogP contribution in [0.1, 0.15) is 74.7 Å². The molecule has 3 fully saturated rings. The fourth-order valence-corrected chi connectivity index (χ4v) is 5.24. The summed E-state index contributed by atoms with van der Waals surface area (Å²) >= 11 is 0. The molecule has 1 amide bonds. The van der Waals surface area contributed by atoms with Gasteiger partial charge in [-0.15, -0.1) is 0 Å². The van der Waals surface area contributed by atoms with Gasteiger partial charge in [-0.25, -0.2) is 4.79 Å². The standard InChI is InChI=1S/C25H28N2O3.C4H10/c1-26-25(10-11-25)23(30)27-14-12-24(13-15-27)16-21(24)19-6-2-17(3-7-19)18-4-8-20(9-5-18)22(28)29;1-4(2)3/h2-9,21,26H,10-16H2,1H3,(H,28,29);4H,1-3H3. The number of benzene rings is 2. The first-order valence-corrected chi connectivity index (χ1v) is 12.6. The number of likely N-dealkylation sites (tertiary alicyclic amines) is 1. The van der Waals surface area contributed by atoms with Crippen LogP contribution in [0.15, 0.2) is 48.5 Å². The van der Waals surface area contributed by atoms with Gasteiger partial charge in [-0.05, 0) is 85.2 Å². The van der Waals surface area contributed by atoms with E-state index in [2.05, 4.69) is 55.3 Å². The predicted octanol–water partition coefficient (Wildman–Crippen LogP) is 5.56. The SMILES string of the molecule is CC(C)C.CNC1(C(=O)N2CCC3(CC2)CC3c2ccc(-c3ccc(C(=O)O)cc3)cc2)CC1. The highest BCUT2D eigenvalue weighted by Gasteiger charge is 2.57. The van der Waals surface area contributed by atoms with E-state index in [1.807, 2.05) is 19.2 Å². The average Bonchev–Trinajstić information content (AvgIpc) is 3.75. The molecule has 2 aromatic rings. The van der Waals surface area contributed by atoms with Crippen LogP contribution in [0.25, 0.3) is 11.1 Å². The number of likely N-dealkylation sites (N-methyl/N-ethyl adjacent to an activating group) is 1. The van der Waals surface area contributed by atoms with E-state index in [4.69, 9.17) is 5.11 Å². The Hall–Kier alpha value is -2.66. The van der Waals surface area contributed by atoms with E-state index in [0.717, 1.165) is 55.8 Å². The van der Waals surface area contributed by atoms with Gasteiger partial charge in [0.2, 0.25) is 5.91 Å². The molecule has 2 aromatic carbocycles. The predicted molar refractivity (Wildman–Crippen MR) is 136 cm³/mol. The molecule has 1 spiro atoms. The van der Waals surface area contributed by atoms with Crippen LogP contribution in [-0.4, -0.2) is 47.6 Å². The van der Waals surface area contributed by atoms with Crippen LogP contribution in [-0.2, 0) is 4.79 Å². The molecule has 2 saturated carbocycles. The molecular formula is C29H38N2O3. The van der Waals surface area contributed by atoms with Crippen molar-refractivity contribution in [3.05, 3.63) is 59.7 Å². The van der Waals surface area contributed by atoms with Gasteiger partial charge in [0.25, 0.3) is 0 Å². The number of carbonyl (C=O) groups is 2. The molecule has 1 unspecified atom stereocenters. The number of carboxylic acid groups (broad SMARTS) is 1. The Morgan fingerprint density at radius 3 is 1.85 bits per heavy atom. The second-order valence-corrected chi connectivity index (χ2v) is 11.0. The van der Waals surface area contributed by atoms with Gasteiger partial charge in [0.15, 0.2) is 0 Å². The molecule has 34 heavy (non-hydrogen) atoms. The highest BCUT2D eigenvalue weighted by atomic mass is 16.4. The number of hydrogen-bond donors (Lipinski definition) is 2. The van der Waals surface area contributed by atoms with Crippen LogP contribution in [0.2, 0.25) is 0 Å². The molecular weight excluding hydrogens is 424 g/mol. The second-order valence-electron chi connectivity index (χ2n) is 11.0. The number of carboxylic acids is 1. The molecule has 5 heteroatoms. The van der Waals surface area contributed by atoms with Crippen LogP contribution in [0.4, 0.5) is 0 Å². The fraction of sp³-hybridized carbons (Fsp3) is 0.517. The lowest BCUT2D eigenvalue weighted by Gasteiger charge is -2.35. The van der Waals surface area contributed by atoms with E-state index in [-0.39, 0.29) is 5.54 Å². The van der Waals surface area contributed by atoms with Crippen molar-refractivity contribution in [3.63, 3.8) is 0 Å². The highest BCUT2D eigenvalue weighted by molar-refractivity contribution is 5.89. The van der Waals surface area contributed by atoms with E-state index in [1.54, 1.807) is 12.1 Å². The zero-order valence-corrected chi connectivity index (χ0v) is 20.9. The van der Waals surface area contributed by atoms with Gasteiger partial charge in [0, 0.05) is 13.1 Å². The van der Waals surface area contributed by atoms with Gasteiger partial charge in [-0.3, -0.25) is 4.79 Å². The Kier molecular flexibility index (Phi) is 6.86. The number of piperidine rings is 1. The first-order chi connectivity index (χ1) is 16.2. The van der Waals surface area contributed by atoms with Gasteiger partial charge in [-0.2, -0.15) is 0 Å². The van der Waals surface area contributed by atoms with Crippen LogP contribution in [0.5, 0.6) is 0 Å². The third-order valence-electron chi connectivity index (χ3n) is 7.65. The van der Waals surface area contributed by atoms with Gasteiger partial charge < -0.3 is 15.3 Å². The summed E-state index contributed by atoms with van der Waals surface area (Å²) in [7, 11) is 1.90. The second kappa shape index (κ2) is 9.53. The number of amides is 1. The largest absolute Gasteiger partial charge is 0.478 e. The van der Waals surface area contributed by atoms with Crippen LogP contribution in [0, 0.1) is 11.3 Å². The maximum Gasteiger partial charge on any atom is 0.335 e. The number of hydrogen-bond acceptors (Lipinski definition) is 3. The normalized spacial score (nSPS) is 21.6. The lowest BCUT2D eigenvalue weighted by atomic mass is 9.88. The van der Waals surface area contributed by atoms with Gasteiger partial charge >= 0.3 is 5.97 Å². The summed E-state index contributed by atoms with van der Waals surface area (Å²) in [4.78, 5) is 25.9. The van der Waals surface area contributed by atoms with Crippen LogP contribution < -0.4 is 5.32 Å². The Morgan fingerprint density at radius 1 is 0.912 bits per heavy atom. The number of rotatable bonds is 5. The van der Waals surface area contributed by atoms with E-state index < -0.39 is 5.97 Å². The molecule has 1 aliphatic heterocycles. The molecule has 182 valence electrons. The fourth-order valence-electron chi connectivity index (χ4n) is 5.24. The van der Waals surface area contributed by atoms with Crippen molar-refractivity contribution in [2.24, 2.45) is 11.3 Å². The molecule has 0 aromatic heterocycles. The van der Waals surface area contributed by atoms with Crippen molar-refractivity contribution in [3.8, 4) is 11.1 Å². The van der Waals surface area contributed by atoms with Crippen molar-refractivity contribution >= 4 is 11.9 Å². The van der Waals surface area contributed by atoms with Crippen LogP contribution in [0.3, 0.4) is 0 Å². The number of nitrogens with zero attached hydrogens (tertiary/aromatic N) is 1. The molecule has 2 N–H and O–H groups in total. The van der Waals surface area contributed by atoms with Gasteiger partial charge in [0.05, 0.1) is 11.1 Å². The Labute approximate surface area is 203 Å². The molecule has 2 aliphatic carbocycles. The molecule has 0 bridgehead atoms. The lowest BCUT2D eigenvalue weighted by Crippen LogP contribution is -2.50. The van der Waals surface area contributed by atoms with Crippen molar-refractivity contribution in [1.29, 1.82) is 0 Å². The molecule has 3 aliphatic rings. The maximum absolute atomic E-state index is 12.8. The monoisotopic (exact) mass is 462 g/mol. The summed E-state index contributed by atoms with van der Waals surface area (Å²) in [6, 6.07) is 15.7. The van der Waals surface area contributed by atoms with Gasteiger partial charge in [0.1, 0.15) is 0 Å². The minimum atomic E-state index is -0.901. The summed E-state index contributed by atoms with van der Waals surface area (Å²) in [5, 5.41) is 12.3. The minimum Gasteiger partial charge on any atom is -0.478 e. The molecule has 5 nitrogen and oxygen atoms in total. The van der Waals surface area contributed by atoms with Crippen molar-refractivity contribution < 1.29 is 14.7 Å². The van der Waals surface area contributed by atoms with Gasteiger partial charge in [-0.1, -0.05) is 57.2 Å². The Morgan fingerprint density at radius 2 is 1.41 bits per heavy atom. The first kappa shape index (κ1) is 24.5. The Balaban J connectivity index is 0.000000636.